The molecule has 1 N–H and O–H groups in total. The summed E-state index contributed by atoms with van der Waals surface area (Å²) in [6.07, 6.45) is -0.914. The zero-order valence-corrected chi connectivity index (χ0v) is 3.54. The fraction of sp³-hybridized carbons (Fsp3) is 1.00. The van der Waals surface area contributed by atoms with Gasteiger partial charge in [0.1, 0.15) is 6.17 Å². The van der Waals surface area contributed by atoms with Crippen LogP contribution in [0, 0.1) is 5.21 Å². The fourth-order valence-electron chi connectivity index (χ4n) is 0.381. The molecular formula is C3H5FNO2-. The van der Waals surface area contributed by atoms with Crippen LogP contribution in [0.3, 0.4) is 0 Å². The summed E-state index contributed by atoms with van der Waals surface area (Å²) in [7, 11) is 0. The largest absolute Gasteiger partial charge is 0.762 e. The Morgan fingerprint density at radius 2 is 2.29 bits per heavy atom. The number of alkyl halides is 1. The van der Waals surface area contributed by atoms with E-state index in [0.717, 1.165) is 0 Å². The molecular weight excluding hydrogens is 101 g/mol. The van der Waals surface area contributed by atoms with E-state index in [-0.39, 0.29) is 11.6 Å². The van der Waals surface area contributed by atoms with Crippen molar-refractivity contribution in [3.63, 3.8) is 0 Å². The Hall–Kier alpha value is -0.190. The van der Waals surface area contributed by atoms with Crippen molar-refractivity contribution >= 4 is 0 Å². The number of hydrogen-bond donors (Lipinski definition) is 1. The van der Waals surface area contributed by atoms with Gasteiger partial charge in [0.2, 0.25) is 0 Å². The average molecular weight is 106 g/mol. The van der Waals surface area contributed by atoms with Gasteiger partial charge >= 0.3 is 0 Å². The van der Waals surface area contributed by atoms with Crippen molar-refractivity contribution in [2.24, 2.45) is 0 Å². The molecule has 0 unspecified atom stereocenters. The van der Waals surface area contributed by atoms with E-state index >= 15 is 0 Å². The Balaban J connectivity index is 2.20. The zero-order valence-electron chi connectivity index (χ0n) is 3.54. The van der Waals surface area contributed by atoms with Crippen LogP contribution in [-0.2, 0) is 0 Å². The van der Waals surface area contributed by atoms with Gasteiger partial charge in [-0.3, -0.25) is 5.23 Å². The predicted octanol–water partition coefficient (Wildman–Crippen LogP) is 0.286. The number of hydroxylamine groups is 2. The maximum absolute atomic E-state index is 11.6. The Labute approximate surface area is 39.9 Å². The molecule has 3 nitrogen and oxygen atoms in total. The van der Waals surface area contributed by atoms with Gasteiger partial charge in [-0.1, -0.05) is 0 Å². The van der Waals surface area contributed by atoms with E-state index in [0.29, 0.717) is 0 Å². The quantitative estimate of drug-likeness (QED) is 0.488. The van der Waals surface area contributed by atoms with Crippen LogP contribution in [0.1, 0.15) is 6.42 Å². The molecule has 0 aromatic carbocycles. The Kier molecular flexibility index (Phi) is 0.989. The third-order valence-electron chi connectivity index (χ3n) is 0.965. The molecule has 0 radical (unpaired) electrons. The zero-order chi connectivity index (χ0) is 5.44. The predicted molar refractivity (Wildman–Crippen MR) is 20.3 cm³/mol. The maximum atomic E-state index is 11.6. The molecule has 0 amide bonds. The molecule has 0 heterocycles. The summed E-state index contributed by atoms with van der Waals surface area (Å²) < 4.78 is 11.6. The summed E-state index contributed by atoms with van der Waals surface area (Å²) in [5.41, 5.74) is 0. The van der Waals surface area contributed by atoms with E-state index in [1.54, 1.807) is 0 Å². The minimum atomic E-state index is -1.09. The monoisotopic (exact) mass is 106 g/mol. The minimum Gasteiger partial charge on any atom is -0.762 e. The van der Waals surface area contributed by atoms with Crippen LogP contribution in [0.25, 0.3) is 0 Å². The van der Waals surface area contributed by atoms with E-state index in [9.17, 15) is 9.60 Å². The highest BCUT2D eigenvalue weighted by atomic mass is 19.1. The first-order valence-electron chi connectivity index (χ1n) is 2.01. The van der Waals surface area contributed by atoms with Crippen LogP contribution >= 0.6 is 0 Å². The molecule has 1 aliphatic rings. The summed E-state index contributed by atoms with van der Waals surface area (Å²) in [6.45, 7) is 0. The smallest absolute Gasteiger partial charge is 0.119 e. The summed E-state index contributed by atoms with van der Waals surface area (Å²) in [6, 6.07) is -0.764. The molecule has 0 aromatic heterocycles. The molecule has 1 fully saturated rings. The Morgan fingerprint density at radius 3 is 2.29 bits per heavy atom. The van der Waals surface area contributed by atoms with Crippen molar-refractivity contribution in [2.75, 3.05) is 0 Å². The van der Waals surface area contributed by atoms with Crippen LogP contribution < -0.4 is 0 Å². The number of hydrogen-bond acceptors (Lipinski definition) is 3. The lowest BCUT2D eigenvalue weighted by Gasteiger charge is -2.16. The fourth-order valence-corrected chi connectivity index (χ4v) is 0.381. The molecule has 2 atom stereocenters. The van der Waals surface area contributed by atoms with Gasteiger partial charge in [-0.25, -0.2) is 4.39 Å². The molecule has 0 saturated heterocycles. The van der Waals surface area contributed by atoms with Gasteiger partial charge in [-0.15, -0.1) is 0 Å². The molecule has 0 aromatic rings. The second-order valence-electron chi connectivity index (χ2n) is 1.62. The summed E-state index contributed by atoms with van der Waals surface area (Å²) in [4.78, 5) is 0. The van der Waals surface area contributed by atoms with Crippen LogP contribution in [0.2, 0.25) is 0 Å². The van der Waals surface area contributed by atoms with Crippen molar-refractivity contribution in [1.82, 2.24) is 5.23 Å². The minimum absolute atomic E-state index is 0.181. The molecule has 0 aliphatic heterocycles. The lowest BCUT2D eigenvalue weighted by atomic mass is 10.7. The van der Waals surface area contributed by atoms with E-state index in [1.165, 1.54) is 0 Å². The summed E-state index contributed by atoms with van der Waals surface area (Å²) in [5, 5.41) is 17.2. The van der Waals surface area contributed by atoms with Crippen molar-refractivity contribution in [3.8, 4) is 0 Å². The molecule has 0 spiro atoms. The molecule has 0 bridgehead atoms. The van der Waals surface area contributed by atoms with Crippen molar-refractivity contribution in [1.29, 1.82) is 0 Å². The van der Waals surface area contributed by atoms with Gasteiger partial charge < -0.3 is 10.4 Å². The number of halogens is 1. The van der Waals surface area contributed by atoms with Gasteiger partial charge in [-0.05, 0) is 6.42 Å². The van der Waals surface area contributed by atoms with Crippen LogP contribution in [0.5, 0.6) is 0 Å². The normalized spacial score (nSPS) is 39.4. The van der Waals surface area contributed by atoms with E-state index in [2.05, 4.69) is 0 Å². The van der Waals surface area contributed by atoms with Gasteiger partial charge in [0, 0.05) is 0 Å². The lowest BCUT2D eigenvalue weighted by Crippen LogP contribution is -2.14. The molecule has 1 aliphatic carbocycles. The molecule has 7 heavy (non-hydrogen) atoms. The molecule has 1 rings (SSSR count). The first kappa shape index (κ1) is 4.96. The molecule has 42 valence electrons. The lowest BCUT2D eigenvalue weighted by molar-refractivity contribution is -0.0544. The van der Waals surface area contributed by atoms with Crippen LogP contribution in [-0.4, -0.2) is 22.6 Å². The van der Waals surface area contributed by atoms with E-state index < -0.39 is 12.2 Å². The van der Waals surface area contributed by atoms with Crippen LogP contribution in [0.4, 0.5) is 4.39 Å². The Bertz CT molecular complexity index is 77.3. The van der Waals surface area contributed by atoms with Gasteiger partial charge in [0.05, 0.1) is 6.04 Å². The van der Waals surface area contributed by atoms with Crippen molar-refractivity contribution in [2.45, 2.75) is 18.6 Å². The van der Waals surface area contributed by atoms with E-state index in [4.69, 9.17) is 5.21 Å². The second kappa shape index (κ2) is 1.40. The van der Waals surface area contributed by atoms with Gasteiger partial charge in [0.25, 0.3) is 0 Å². The van der Waals surface area contributed by atoms with E-state index in [1.807, 2.05) is 0 Å². The van der Waals surface area contributed by atoms with Crippen LogP contribution in [0.15, 0.2) is 0 Å². The third kappa shape index (κ3) is 0.876. The highest BCUT2D eigenvalue weighted by molar-refractivity contribution is 4.92. The summed E-state index contributed by atoms with van der Waals surface area (Å²) >= 11 is 0. The van der Waals surface area contributed by atoms with Crippen molar-refractivity contribution < 1.29 is 9.60 Å². The highest BCUT2D eigenvalue weighted by Crippen LogP contribution is 2.28. The standard InChI is InChI=1S/C3H5FNO2/c4-2-1-3(2)5(6)7/h2-3,6H,1H2/q-1/t2-,3+/m1/s1. The molecule has 4 heteroatoms. The second-order valence-corrected chi connectivity index (χ2v) is 1.62. The number of nitrogens with zero attached hydrogens (tertiary/aromatic N) is 1. The summed E-state index contributed by atoms with van der Waals surface area (Å²) in [5.74, 6) is 0. The highest BCUT2D eigenvalue weighted by Gasteiger charge is 2.38. The Morgan fingerprint density at radius 1 is 1.86 bits per heavy atom. The van der Waals surface area contributed by atoms with Crippen molar-refractivity contribution in [3.05, 3.63) is 5.21 Å². The topological polar surface area (TPSA) is 46.5 Å². The maximum Gasteiger partial charge on any atom is 0.119 e. The first-order chi connectivity index (χ1) is 3.22. The SMILES string of the molecule is [O-]N(O)[C@H]1C[C@H]1F. The third-order valence-corrected chi connectivity index (χ3v) is 0.965. The molecule has 1 saturated carbocycles. The number of rotatable bonds is 1. The van der Waals surface area contributed by atoms with Gasteiger partial charge in [0.15, 0.2) is 0 Å². The van der Waals surface area contributed by atoms with Gasteiger partial charge in [-0.2, -0.15) is 0 Å². The average Bonchev–Trinajstić information content (AvgIpc) is 2.17. The first-order valence-corrected chi connectivity index (χ1v) is 2.01.